The van der Waals surface area contributed by atoms with E-state index in [1.807, 2.05) is 13.8 Å². The van der Waals surface area contributed by atoms with Gasteiger partial charge in [0.2, 0.25) is 0 Å². The number of carbonyl (C=O) groups excluding carboxylic acids is 2. The molecule has 1 aliphatic rings. The lowest BCUT2D eigenvalue weighted by molar-refractivity contribution is -0.144. The van der Waals surface area contributed by atoms with Crippen LogP contribution in [0.3, 0.4) is 0 Å². The molecule has 116 valence electrons. The van der Waals surface area contributed by atoms with Crippen LogP contribution in [0.5, 0.6) is 0 Å². The molecule has 1 fully saturated rings. The first-order valence-corrected chi connectivity index (χ1v) is 7.25. The molecule has 0 aliphatic carbocycles. The molecule has 20 heavy (non-hydrogen) atoms. The predicted octanol–water partition coefficient (Wildman–Crippen LogP) is 1.39. The fraction of sp³-hybridized carbons (Fsp3) is 0.857. The third-order valence-electron chi connectivity index (χ3n) is 3.56. The number of rotatable bonds is 5. The molecular weight excluding hydrogens is 260 g/mol. The predicted molar refractivity (Wildman–Crippen MR) is 75.4 cm³/mol. The first-order chi connectivity index (χ1) is 9.49. The van der Waals surface area contributed by atoms with E-state index in [-0.39, 0.29) is 30.1 Å². The van der Waals surface area contributed by atoms with E-state index in [0.717, 1.165) is 12.8 Å². The topological polar surface area (TPSA) is 67.9 Å². The average molecular weight is 286 g/mol. The summed E-state index contributed by atoms with van der Waals surface area (Å²) in [4.78, 5) is 25.0. The summed E-state index contributed by atoms with van der Waals surface area (Å²) in [7, 11) is 1.41. The number of piperidine rings is 1. The van der Waals surface area contributed by atoms with Crippen LogP contribution in [0.15, 0.2) is 0 Å². The van der Waals surface area contributed by atoms with Gasteiger partial charge in [0.05, 0.1) is 13.7 Å². The van der Waals surface area contributed by atoms with Crippen LogP contribution in [-0.2, 0) is 14.3 Å². The van der Waals surface area contributed by atoms with Crippen LogP contribution in [0, 0.1) is 5.92 Å². The van der Waals surface area contributed by atoms with E-state index < -0.39 is 0 Å². The standard InChI is InChI=1S/C14H26N2O4/c1-5-20-14(18)16-8-6-11(7-9-16)15-12(10(2)3)13(17)19-4/h10-12,15H,5-9H2,1-4H3/t12-/m0/s1. The molecule has 1 saturated heterocycles. The zero-order chi connectivity index (χ0) is 15.1. The smallest absolute Gasteiger partial charge is 0.409 e. The van der Waals surface area contributed by atoms with Gasteiger partial charge in [-0.05, 0) is 25.7 Å². The third kappa shape index (κ3) is 4.67. The molecule has 6 nitrogen and oxygen atoms in total. The molecule has 6 heteroatoms. The Balaban J connectivity index is 2.44. The van der Waals surface area contributed by atoms with Crippen LogP contribution in [0.25, 0.3) is 0 Å². The number of methoxy groups -OCH3 is 1. The molecular formula is C14H26N2O4. The number of likely N-dealkylation sites (tertiary alicyclic amines) is 1. The lowest BCUT2D eigenvalue weighted by atomic mass is 9.99. The Hall–Kier alpha value is -1.30. The summed E-state index contributed by atoms with van der Waals surface area (Å²) in [6, 6.07) is -0.0636. The van der Waals surface area contributed by atoms with E-state index in [2.05, 4.69) is 5.32 Å². The summed E-state index contributed by atoms with van der Waals surface area (Å²) >= 11 is 0. The molecule has 0 saturated carbocycles. The number of nitrogens with one attached hydrogen (secondary N) is 1. The number of esters is 1. The summed E-state index contributed by atoms with van der Waals surface area (Å²) in [6.45, 7) is 7.49. The fourth-order valence-electron chi connectivity index (χ4n) is 2.36. The van der Waals surface area contributed by atoms with Crippen molar-refractivity contribution in [3.63, 3.8) is 0 Å². The van der Waals surface area contributed by atoms with Gasteiger partial charge in [-0.2, -0.15) is 0 Å². The van der Waals surface area contributed by atoms with E-state index in [9.17, 15) is 9.59 Å². The maximum absolute atomic E-state index is 11.7. The van der Waals surface area contributed by atoms with Crippen molar-refractivity contribution in [1.82, 2.24) is 10.2 Å². The highest BCUT2D eigenvalue weighted by atomic mass is 16.6. The van der Waals surface area contributed by atoms with Gasteiger partial charge in [-0.3, -0.25) is 4.79 Å². The molecule has 0 unspecified atom stereocenters. The Morgan fingerprint density at radius 2 is 1.90 bits per heavy atom. The number of hydrogen-bond acceptors (Lipinski definition) is 5. The molecule has 1 aliphatic heterocycles. The van der Waals surface area contributed by atoms with Crippen LogP contribution >= 0.6 is 0 Å². The molecule has 1 atom stereocenters. The van der Waals surface area contributed by atoms with Crippen molar-refractivity contribution >= 4 is 12.1 Å². The van der Waals surface area contributed by atoms with Crippen molar-refractivity contribution in [2.75, 3.05) is 26.8 Å². The molecule has 1 rings (SSSR count). The van der Waals surface area contributed by atoms with Gasteiger partial charge in [-0.1, -0.05) is 13.8 Å². The second-order valence-electron chi connectivity index (χ2n) is 5.37. The van der Waals surface area contributed by atoms with Crippen LogP contribution < -0.4 is 5.32 Å². The van der Waals surface area contributed by atoms with Gasteiger partial charge in [-0.25, -0.2) is 4.79 Å². The SMILES string of the molecule is CCOC(=O)N1CCC(N[C@H](C(=O)OC)C(C)C)CC1. The summed E-state index contributed by atoms with van der Waals surface area (Å²) in [5, 5.41) is 3.34. The maximum Gasteiger partial charge on any atom is 0.409 e. The van der Waals surface area contributed by atoms with Gasteiger partial charge >= 0.3 is 12.1 Å². The van der Waals surface area contributed by atoms with E-state index in [0.29, 0.717) is 19.7 Å². The van der Waals surface area contributed by atoms with Gasteiger partial charge in [0.15, 0.2) is 0 Å². The molecule has 0 aromatic carbocycles. The molecule has 0 spiro atoms. The minimum absolute atomic E-state index is 0.172. The molecule has 0 aromatic rings. The largest absolute Gasteiger partial charge is 0.468 e. The molecule has 1 heterocycles. The highest BCUT2D eigenvalue weighted by Gasteiger charge is 2.29. The van der Waals surface area contributed by atoms with Gasteiger partial charge in [0.1, 0.15) is 6.04 Å². The van der Waals surface area contributed by atoms with E-state index >= 15 is 0 Å². The minimum atomic E-state index is -0.292. The van der Waals surface area contributed by atoms with Crippen molar-refractivity contribution in [3.05, 3.63) is 0 Å². The van der Waals surface area contributed by atoms with Crippen LogP contribution in [-0.4, -0.2) is 55.9 Å². The maximum atomic E-state index is 11.7. The lowest BCUT2D eigenvalue weighted by Gasteiger charge is -2.34. The van der Waals surface area contributed by atoms with Gasteiger partial charge in [0, 0.05) is 19.1 Å². The van der Waals surface area contributed by atoms with Crippen molar-refractivity contribution in [1.29, 1.82) is 0 Å². The number of amides is 1. The van der Waals surface area contributed by atoms with Gasteiger partial charge in [-0.15, -0.1) is 0 Å². The Morgan fingerprint density at radius 1 is 1.30 bits per heavy atom. The van der Waals surface area contributed by atoms with Crippen molar-refractivity contribution in [2.24, 2.45) is 5.92 Å². The van der Waals surface area contributed by atoms with E-state index in [4.69, 9.17) is 9.47 Å². The van der Waals surface area contributed by atoms with Crippen LogP contribution in [0.4, 0.5) is 4.79 Å². The first kappa shape index (κ1) is 16.8. The normalized spacial score (nSPS) is 17.9. The molecule has 0 radical (unpaired) electrons. The Labute approximate surface area is 120 Å². The zero-order valence-electron chi connectivity index (χ0n) is 12.8. The summed E-state index contributed by atoms with van der Waals surface area (Å²) in [5.41, 5.74) is 0. The number of carbonyl (C=O) groups is 2. The monoisotopic (exact) mass is 286 g/mol. The number of hydrogen-bond donors (Lipinski definition) is 1. The average Bonchev–Trinajstić information content (AvgIpc) is 2.44. The summed E-state index contributed by atoms with van der Waals surface area (Å²) < 4.78 is 9.80. The fourth-order valence-corrected chi connectivity index (χ4v) is 2.36. The quantitative estimate of drug-likeness (QED) is 0.774. The Morgan fingerprint density at radius 3 is 2.35 bits per heavy atom. The minimum Gasteiger partial charge on any atom is -0.468 e. The van der Waals surface area contributed by atoms with E-state index in [1.165, 1.54) is 7.11 Å². The molecule has 0 aromatic heterocycles. The lowest BCUT2D eigenvalue weighted by Crippen LogP contribution is -2.51. The molecule has 1 N–H and O–H groups in total. The van der Waals surface area contributed by atoms with Crippen LogP contribution in [0.2, 0.25) is 0 Å². The number of ether oxygens (including phenoxy) is 2. The zero-order valence-corrected chi connectivity index (χ0v) is 12.8. The van der Waals surface area contributed by atoms with Crippen molar-refractivity contribution < 1.29 is 19.1 Å². The Kier molecular flexibility index (Phi) is 6.78. The highest BCUT2D eigenvalue weighted by molar-refractivity contribution is 5.76. The highest BCUT2D eigenvalue weighted by Crippen LogP contribution is 2.14. The van der Waals surface area contributed by atoms with Crippen molar-refractivity contribution in [2.45, 2.75) is 45.7 Å². The molecule has 0 bridgehead atoms. The Bertz CT molecular complexity index is 325. The third-order valence-corrected chi connectivity index (χ3v) is 3.56. The summed E-state index contributed by atoms with van der Waals surface area (Å²) in [6.07, 6.45) is 1.39. The molecule has 1 amide bonds. The summed E-state index contributed by atoms with van der Waals surface area (Å²) in [5.74, 6) is -0.0571. The second kappa shape index (κ2) is 8.09. The van der Waals surface area contributed by atoms with E-state index in [1.54, 1.807) is 11.8 Å². The van der Waals surface area contributed by atoms with Crippen molar-refractivity contribution in [3.8, 4) is 0 Å². The van der Waals surface area contributed by atoms with Crippen LogP contribution in [0.1, 0.15) is 33.6 Å². The van der Waals surface area contributed by atoms with Gasteiger partial charge in [0.25, 0.3) is 0 Å². The first-order valence-electron chi connectivity index (χ1n) is 7.25. The number of nitrogens with zero attached hydrogens (tertiary/aromatic N) is 1. The second-order valence-corrected chi connectivity index (χ2v) is 5.37. The van der Waals surface area contributed by atoms with Gasteiger partial charge < -0.3 is 19.7 Å².